The van der Waals surface area contributed by atoms with E-state index in [9.17, 15) is 18.3 Å². The first-order chi connectivity index (χ1) is 9.01. The summed E-state index contributed by atoms with van der Waals surface area (Å²) in [7, 11) is -3.78. The van der Waals surface area contributed by atoms with Gasteiger partial charge in [-0.25, -0.2) is 17.9 Å². The molecule has 0 fully saturated rings. The molecule has 114 valence electrons. The molecule has 0 saturated carbocycles. The van der Waals surface area contributed by atoms with Crippen LogP contribution in [0, 0.1) is 5.41 Å². The van der Waals surface area contributed by atoms with Crippen molar-refractivity contribution < 1.29 is 23.4 Å². The average Bonchev–Trinajstić information content (AvgIpc) is 2.74. The second kappa shape index (κ2) is 6.21. The monoisotopic (exact) mass is 321 g/mol. The number of rotatable bonds is 6. The lowest BCUT2D eigenvalue weighted by Gasteiger charge is -2.22. The van der Waals surface area contributed by atoms with E-state index in [1.165, 1.54) is 5.38 Å². The predicted molar refractivity (Wildman–Crippen MR) is 76.5 cm³/mol. The summed E-state index contributed by atoms with van der Waals surface area (Å²) in [6.45, 7) is 5.75. The van der Waals surface area contributed by atoms with E-state index in [-0.39, 0.29) is 21.7 Å². The normalized spacial score (nSPS) is 14.2. The number of hydrogen-bond donors (Lipinski definition) is 3. The lowest BCUT2D eigenvalue weighted by molar-refractivity contribution is 0.0697. The van der Waals surface area contributed by atoms with Crippen LogP contribution in [-0.2, 0) is 10.0 Å². The number of nitrogens with one attached hydrogen (secondary N) is 1. The van der Waals surface area contributed by atoms with Gasteiger partial charge in [0.05, 0.1) is 11.7 Å². The number of sulfonamides is 1. The minimum absolute atomic E-state index is 0.0642. The molecule has 0 aliphatic heterocycles. The van der Waals surface area contributed by atoms with Crippen molar-refractivity contribution >= 4 is 27.3 Å². The average molecular weight is 321 g/mol. The molecule has 1 atom stereocenters. The zero-order valence-corrected chi connectivity index (χ0v) is 13.2. The molecule has 1 aromatic rings. The molecule has 0 aliphatic carbocycles. The molecule has 3 N–H and O–H groups in total. The van der Waals surface area contributed by atoms with E-state index in [1.807, 2.05) is 20.8 Å². The van der Waals surface area contributed by atoms with E-state index in [0.29, 0.717) is 6.42 Å². The predicted octanol–water partition coefficient (Wildman–Crippen LogP) is 1.52. The van der Waals surface area contributed by atoms with E-state index in [0.717, 1.165) is 17.4 Å². The number of thiophene rings is 1. The second-order valence-corrected chi connectivity index (χ2v) is 8.64. The van der Waals surface area contributed by atoms with Gasteiger partial charge in [0.2, 0.25) is 10.0 Å². The van der Waals surface area contributed by atoms with Crippen LogP contribution >= 0.6 is 11.3 Å². The highest BCUT2D eigenvalue weighted by Gasteiger charge is 2.22. The molecule has 1 aromatic heterocycles. The smallest absolute Gasteiger partial charge is 0.336 e. The molecule has 6 nitrogen and oxygen atoms in total. The maximum absolute atomic E-state index is 11.9. The quantitative estimate of drug-likeness (QED) is 0.737. The first-order valence-corrected chi connectivity index (χ1v) is 8.37. The Morgan fingerprint density at radius 2 is 2.05 bits per heavy atom. The van der Waals surface area contributed by atoms with Crippen molar-refractivity contribution in [1.29, 1.82) is 0 Å². The SMILES string of the molecule is CC(C)(C)CC(O)CNS(=O)(=O)c1cc(C(=O)O)cs1. The summed E-state index contributed by atoms with van der Waals surface area (Å²) in [5, 5.41) is 19.8. The van der Waals surface area contributed by atoms with E-state index in [4.69, 9.17) is 5.11 Å². The van der Waals surface area contributed by atoms with Crippen LogP contribution in [0.3, 0.4) is 0 Å². The molecule has 0 radical (unpaired) electrons. The third-order valence-electron chi connectivity index (χ3n) is 2.44. The Morgan fingerprint density at radius 1 is 1.45 bits per heavy atom. The Balaban J connectivity index is 2.68. The standard InChI is InChI=1S/C12H19NO5S2/c1-12(2,3)5-9(14)6-13-20(17,18)10-4-8(7-19-10)11(15)16/h4,7,9,13-14H,5-6H2,1-3H3,(H,15,16). The molecule has 0 spiro atoms. The van der Waals surface area contributed by atoms with Gasteiger partial charge in [-0.05, 0) is 17.9 Å². The van der Waals surface area contributed by atoms with E-state index >= 15 is 0 Å². The Bertz CT molecular complexity index is 571. The lowest BCUT2D eigenvalue weighted by Crippen LogP contribution is -2.33. The lowest BCUT2D eigenvalue weighted by atomic mass is 9.89. The van der Waals surface area contributed by atoms with Gasteiger partial charge in [-0.2, -0.15) is 0 Å². The highest BCUT2D eigenvalue weighted by atomic mass is 32.2. The van der Waals surface area contributed by atoms with Crippen molar-refractivity contribution in [2.75, 3.05) is 6.54 Å². The molecule has 1 heterocycles. The molecule has 20 heavy (non-hydrogen) atoms. The fraction of sp³-hybridized carbons (Fsp3) is 0.583. The van der Waals surface area contributed by atoms with Crippen molar-refractivity contribution in [2.45, 2.75) is 37.5 Å². The van der Waals surface area contributed by atoms with Gasteiger partial charge in [0.25, 0.3) is 0 Å². The fourth-order valence-corrected chi connectivity index (χ4v) is 3.90. The van der Waals surface area contributed by atoms with Crippen molar-refractivity contribution in [3.63, 3.8) is 0 Å². The van der Waals surface area contributed by atoms with Crippen molar-refractivity contribution in [2.24, 2.45) is 5.41 Å². The van der Waals surface area contributed by atoms with E-state index < -0.39 is 22.1 Å². The number of hydrogen-bond acceptors (Lipinski definition) is 5. The summed E-state index contributed by atoms with van der Waals surface area (Å²) in [6, 6.07) is 1.10. The first kappa shape index (κ1) is 17.1. The molecule has 1 rings (SSSR count). The second-order valence-electron chi connectivity index (χ2n) is 5.73. The summed E-state index contributed by atoms with van der Waals surface area (Å²) in [6.07, 6.45) is -0.330. The van der Waals surface area contributed by atoms with Crippen LogP contribution in [0.1, 0.15) is 37.6 Å². The molecule has 0 bridgehead atoms. The molecule has 0 saturated heterocycles. The molecule has 1 unspecified atom stereocenters. The van der Waals surface area contributed by atoms with Gasteiger partial charge in [0, 0.05) is 11.9 Å². The minimum atomic E-state index is -3.78. The third kappa shape index (κ3) is 5.20. The van der Waals surface area contributed by atoms with Gasteiger partial charge >= 0.3 is 5.97 Å². The Morgan fingerprint density at radius 3 is 2.50 bits per heavy atom. The van der Waals surface area contributed by atoms with Crippen molar-refractivity contribution in [1.82, 2.24) is 4.72 Å². The number of aliphatic hydroxyl groups is 1. The van der Waals surface area contributed by atoms with Crippen molar-refractivity contribution in [3.8, 4) is 0 Å². The topological polar surface area (TPSA) is 104 Å². The van der Waals surface area contributed by atoms with Gasteiger partial charge in [-0.1, -0.05) is 20.8 Å². The number of aromatic carboxylic acids is 1. The zero-order valence-electron chi connectivity index (χ0n) is 11.6. The van der Waals surface area contributed by atoms with Crippen LogP contribution in [0.4, 0.5) is 0 Å². The largest absolute Gasteiger partial charge is 0.478 e. The Hall–Kier alpha value is -0.960. The minimum Gasteiger partial charge on any atom is -0.478 e. The summed E-state index contributed by atoms with van der Waals surface area (Å²) in [4.78, 5) is 10.7. The zero-order chi connectivity index (χ0) is 15.6. The molecule has 0 aliphatic rings. The van der Waals surface area contributed by atoms with Crippen molar-refractivity contribution in [3.05, 3.63) is 17.0 Å². The Kier molecular flexibility index (Phi) is 5.31. The van der Waals surface area contributed by atoms with E-state index in [2.05, 4.69) is 4.72 Å². The van der Waals surface area contributed by atoms with Gasteiger partial charge in [-0.15, -0.1) is 11.3 Å². The molecule has 0 aromatic carbocycles. The van der Waals surface area contributed by atoms with Crippen LogP contribution in [-0.4, -0.2) is 37.2 Å². The number of aliphatic hydroxyl groups excluding tert-OH is 1. The van der Waals surface area contributed by atoms with Crippen LogP contribution in [0.5, 0.6) is 0 Å². The van der Waals surface area contributed by atoms with Gasteiger partial charge in [0.1, 0.15) is 4.21 Å². The first-order valence-electron chi connectivity index (χ1n) is 6.01. The third-order valence-corrected chi connectivity index (χ3v) is 5.31. The number of carboxylic acid groups (broad SMARTS) is 1. The Labute approximate surface area is 122 Å². The summed E-state index contributed by atoms with van der Waals surface area (Å²) < 4.78 is 26.1. The molecule has 0 amide bonds. The number of carbonyl (C=O) groups is 1. The summed E-state index contributed by atoms with van der Waals surface area (Å²) in [5.74, 6) is -1.17. The maximum atomic E-state index is 11.9. The van der Waals surface area contributed by atoms with Crippen LogP contribution in [0.2, 0.25) is 0 Å². The van der Waals surface area contributed by atoms with Gasteiger partial charge in [0.15, 0.2) is 0 Å². The van der Waals surface area contributed by atoms with Crippen LogP contribution in [0.25, 0.3) is 0 Å². The van der Waals surface area contributed by atoms with Crippen LogP contribution in [0.15, 0.2) is 15.7 Å². The van der Waals surface area contributed by atoms with E-state index in [1.54, 1.807) is 0 Å². The maximum Gasteiger partial charge on any atom is 0.336 e. The fourth-order valence-electron chi connectivity index (χ4n) is 1.63. The summed E-state index contributed by atoms with van der Waals surface area (Å²) in [5.41, 5.74) is -0.171. The van der Waals surface area contributed by atoms with Gasteiger partial charge in [-0.3, -0.25) is 0 Å². The molecular formula is C12H19NO5S2. The van der Waals surface area contributed by atoms with Gasteiger partial charge < -0.3 is 10.2 Å². The molecule has 8 heteroatoms. The van der Waals surface area contributed by atoms with Crippen LogP contribution < -0.4 is 4.72 Å². The highest BCUT2D eigenvalue weighted by Crippen LogP contribution is 2.22. The number of carboxylic acids is 1. The molecular weight excluding hydrogens is 302 g/mol. The highest BCUT2D eigenvalue weighted by molar-refractivity contribution is 7.91. The summed E-state index contributed by atoms with van der Waals surface area (Å²) >= 11 is 0.837.